The fraction of sp³-hybridized carbons (Fsp3) is 0.480. The van der Waals surface area contributed by atoms with Gasteiger partial charge in [-0.05, 0) is 49.8 Å². The summed E-state index contributed by atoms with van der Waals surface area (Å²) < 4.78 is 5.76. The summed E-state index contributed by atoms with van der Waals surface area (Å²) in [6, 6.07) is 16.0. The van der Waals surface area contributed by atoms with E-state index in [1.807, 2.05) is 27.0 Å². The van der Waals surface area contributed by atoms with Gasteiger partial charge in [0.05, 0.1) is 36.0 Å². The van der Waals surface area contributed by atoms with Gasteiger partial charge in [-0.15, -0.1) is 0 Å². The molecule has 0 aromatic heterocycles. The van der Waals surface area contributed by atoms with Gasteiger partial charge < -0.3 is 20.3 Å². The summed E-state index contributed by atoms with van der Waals surface area (Å²) in [5, 5.41) is 7.75. The van der Waals surface area contributed by atoms with Gasteiger partial charge in [-0.3, -0.25) is 4.79 Å². The van der Waals surface area contributed by atoms with Crippen molar-refractivity contribution in [2.45, 2.75) is 56.7 Å². The van der Waals surface area contributed by atoms with Crippen LogP contribution < -0.4 is 20.3 Å². The standard InChI is InChI=1S/C25H31N3O2/c1-25(2)17-13-19(21(30-4)14-20(17)28(3)24(25)29)27-23-16-11-8-12-18(16)26-22(23)15-9-6-5-7-10-15/h5-7,9-10,13-14,16,18,22-23,26-27H,8,11-12H2,1-4H3. The minimum atomic E-state index is -0.532. The molecule has 5 heteroatoms. The molecule has 1 saturated carbocycles. The molecule has 5 nitrogen and oxygen atoms in total. The monoisotopic (exact) mass is 405 g/mol. The Labute approximate surface area is 178 Å². The van der Waals surface area contributed by atoms with E-state index in [9.17, 15) is 4.79 Å². The van der Waals surface area contributed by atoms with Crippen LogP contribution in [0.25, 0.3) is 0 Å². The molecule has 4 atom stereocenters. The molecule has 2 aliphatic heterocycles. The van der Waals surface area contributed by atoms with Gasteiger partial charge in [-0.25, -0.2) is 0 Å². The van der Waals surface area contributed by atoms with E-state index in [1.54, 1.807) is 12.0 Å². The lowest BCUT2D eigenvalue weighted by Gasteiger charge is -2.28. The number of fused-ring (bicyclic) bond motifs is 2. The van der Waals surface area contributed by atoms with Crippen molar-refractivity contribution < 1.29 is 9.53 Å². The quantitative estimate of drug-likeness (QED) is 0.799. The smallest absolute Gasteiger partial charge is 0.236 e. The van der Waals surface area contributed by atoms with Gasteiger partial charge in [-0.1, -0.05) is 36.8 Å². The van der Waals surface area contributed by atoms with Gasteiger partial charge in [0.15, 0.2) is 0 Å². The van der Waals surface area contributed by atoms with Gasteiger partial charge in [0, 0.05) is 19.2 Å². The third-order valence-corrected chi connectivity index (χ3v) is 7.46. The first kappa shape index (κ1) is 19.4. The second kappa shape index (κ2) is 7.02. The molecular weight excluding hydrogens is 374 g/mol. The van der Waals surface area contributed by atoms with Crippen molar-refractivity contribution in [1.29, 1.82) is 0 Å². The third-order valence-electron chi connectivity index (χ3n) is 7.46. The first-order valence-electron chi connectivity index (χ1n) is 11.0. The molecule has 2 heterocycles. The van der Waals surface area contributed by atoms with Crippen LogP contribution >= 0.6 is 0 Å². The van der Waals surface area contributed by atoms with Crippen LogP contribution in [0.4, 0.5) is 11.4 Å². The van der Waals surface area contributed by atoms with E-state index in [0.717, 1.165) is 22.7 Å². The molecule has 2 N–H and O–H groups in total. The van der Waals surface area contributed by atoms with Crippen molar-refractivity contribution in [3.8, 4) is 5.75 Å². The molecule has 1 aliphatic carbocycles. The highest BCUT2D eigenvalue weighted by atomic mass is 16.5. The Balaban J connectivity index is 1.54. The highest BCUT2D eigenvalue weighted by molar-refractivity contribution is 6.08. The predicted molar refractivity (Wildman–Crippen MR) is 120 cm³/mol. The van der Waals surface area contributed by atoms with E-state index in [0.29, 0.717) is 12.0 Å². The molecule has 5 rings (SSSR count). The number of rotatable bonds is 4. The fourth-order valence-electron chi connectivity index (χ4n) is 5.81. The maximum atomic E-state index is 12.8. The zero-order valence-corrected chi connectivity index (χ0v) is 18.2. The normalized spacial score (nSPS) is 29.1. The molecule has 158 valence electrons. The molecule has 0 bridgehead atoms. The number of amides is 1. The Morgan fingerprint density at radius 1 is 1.17 bits per heavy atom. The number of anilines is 2. The molecule has 2 aromatic carbocycles. The van der Waals surface area contributed by atoms with E-state index in [-0.39, 0.29) is 18.0 Å². The second-order valence-electron chi connectivity index (χ2n) is 9.49. The number of carbonyl (C=O) groups is 1. The largest absolute Gasteiger partial charge is 0.495 e. The number of benzene rings is 2. The van der Waals surface area contributed by atoms with E-state index in [2.05, 4.69) is 47.0 Å². The number of carbonyl (C=O) groups excluding carboxylic acids is 1. The minimum Gasteiger partial charge on any atom is -0.495 e. The van der Waals surface area contributed by atoms with Crippen molar-refractivity contribution in [2.24, 2.45) is 5.92 Å². The number of hydrogen-bond donors (Lipinski definition) is 2. The molecule has 3 aliphatic rings. The Morgan fingerprint density at radius 3 is 2.67 bits per heavy atom. The third kappa shape index (κ3) is 2.83. The SMILES string of the molecule is COc1cc2c(cc1NC1C(c3ccccc3)NC3CCCC31)C(C)(C)C(=O)N2C. The Hall–Kier alpha value is -2.53. The molecule has 0 spiro atoms. The van der Waals surface area contributed by atoms with Crippen molar-refractivity contribution in [1.82, 2.24) is 5.32 Å². The Kier molecular flexibility index (Phi) is 4.55. The lowest BCUT2D eigenvalue weighted by atomic mass is 9.85. The summed E-state index contributed by atoms with van der Waals surface area (Å²) in [5.74, 6) is 1.50. The number of likely N-dealkylation sites (N-methyl/N-ethyl adjacent to an activating group) is 1. The van der Waals surface area contributed by atoms with Gasteiger partial charge >= 0.3 is 0 Å². The molecule has 2 fully saturated rings. The number of ether oxygens (including phenoxy) is 1. The van der Waals surface area contributed by atoms with Gasteiger partial charge in [0.25, 0.3) is 0 Å². The fourth-order valence-corrected chi connectivity index (χ4v) is 5.81. The minimum absolute atomic E-state index is 0.122. The zero-order valence-electron chi connectivity index (χ0n) is 18.2. The topological polar surface area (TPSA) is 53.6 Å². The van der Waals surface area contributed by atoms with E-state index >= 15 is 0 Å². The first-order valence-corrected chi connectivity index (χ1v) is 11.0. The van der Waals surface area contributed by atoms with Crippen molar-refractivity contribution in [2.75, 3.05) is 24.4 Å². The number of methoxy groups -OCH3 is 1. The van der Waals surface area contributed by atoms with E-state index in [1.165, 1.54) is 24.8 Å². The predicted octanol–water partition coefficient (Wildman–Crippen LogP) is 4.24. The highest BCUT2D eigenvalue weighted by Crippen LogP contribution is 2.48. The van der Waals surface area contributed by atoms with Crippen LogP contribution in [0, 0.1) is 5.92 Å². The summed E-state index contributed by atoms with van der Waals surface area (Å²) in [6.07, 6.45) is 3.74. The van der Waals surface area contributed by atoms with Crippen LogP contribution in [0.1, 0.15) is 50.3 Å². The summed E-state index contributed by atoms with van der Waals surface area (Å²) in [7, 11) is 3.55. The lowest BCUT2D eigenvalue weighted by Crippen LogP contribution is -2.33. The van der Waals surface area contributed by atoms with E-state index in [4.69, 9.17) is 4.74 Å². The summed E-state index contributed by atoms with van der Waals surface area (Å²) in [5.41, 5.74) is 3.77. The number of nitrogens with one attached hydrogen (secondary N) is 2. The van der Waals surface area contributed by atoms with Crippen LogP contribution in [0.2, 0.25) is 0 Å². The Bertz CT molecular complexity index is 972. The first-order chi connectivity index (χ1) is 14.4. The maximum Gasteiger partial charge on any atom is 0.236 e. The maximum absolute atomic E-state index is 12.8. The molecule has 0 radical (unpaired) electrons. The zero-order chi connectivity index (χ0) is 21.0. The molecule has 30 heavy (non-hydrogen) atoms. The van der Waals surface area contributed by atoms with Crippen LogP contribution in [0.3, 0.4) is 0 Å². The molecule has 1 amide bonds. The average Bonchev–Trinajstić information content (AvgIpc) is 3.39. The van der Waals surface area contributed by atoms with Gasteiger partial charge in [0.1, 0.15) is 5.75 Å². The van der Waals surface area contributed by atoms with Gasteiger partial charge in [-0.2, -0.15) is 0 Å². The van der Waals surface area contributed by atoms with Crippen LogP contribution in [0.15, 0.2) is 42.5 Å². The highest BCUT2D eigenvalue weighted by Gasteiger charge is 2.47. The molecule has 2 aromatic rings. The molecular formula is C25H31N3O2. The average molecular weight is 406 g/mol. The Morgan fingerprint density at radius 2 is 1.93 bits per heavy atom. The van der Waals surface area contributed by atoms with Gasteiger partial charge in [0.2, 0.25) is 5.91 Å². The van der Waals surface area contributed by atoms with Crippen LogP contribution in [-0.4, -0.2) is 32.1 Å². The molecule has 4 unspecified atom stereocenters. The summed E-state index contributed by atoms with van der Waals surface area (Å²) >= 11 is 0. The number of hydrogen-bond acceptors (Lipinski definition) is 4. The van der Waals surface area contributed by atoms with Crippen molar-refractivity contribution >= 4 is 17.3 Å². The van der Waals surface area contributed by atoms with Crippen LogP contribution in [0.5, 0.6) is 5.75 Å². The second-order valence-corrected chi connectivity index (χ2v) is 9.49. The summed E-state index contributed by atoms with van der Waals surface area (Å²) in [6.45, 7) is 4.01. The summed E-state index contributed by atoms with van der Waals surface area (Å²) in [4.78, 5) is 14.5. The van der Waals surface area contributed by atoms with E-state index < -0.39 is 5.41 Å². The molecule has 1 saturated heterocycles. The van der Waals surface area contributed by atoms with Crippen molar-refractivity contribution in [3.63, 3.8) is 0 Å². The van der Waals surface area contributed by atoms with Crippen LogP contribution in [-0.2, 0) is 10.2 Å². The van der Waals surface area contributed by atoms with Crippen molar-refractivity contribution in [3.05, 3.63) is 53.6 Å². The lowest BCUT2D eigenvalue weighted by molar-refractivity contribution is -0.121. The number of nitrogens with zero attached hydrogens (tertiary/aromatic N) is 1.